The van der Waals surface area contributed by atoms with E-state index in [4.69, 9.17) is 5.73 Å². The van der Waals surface area contributed by atoms with Gasteiger partial charge in [0.05, 0.1) is 0 Å². The molecule has 1 fully saturated rings. The Morgan fingerprint density at radius 1 is 0.800 bits per heavy atom. The third-order valence-electron chi connectivity index (χ3n) is 5.42. The van der Waals surface area contributed by atoms with Crippen LogP contribution in [0.1, 0.15) is 80.5 Å². The van der Waals surface area contributed by atoms with Crippen LogP contribution in [0, 0.1) is 5.92 Å². The molecular weight excluding hydrogens is 242 g/mol. The van der Waals surface area contributed by atoms with Crippen molar-refractivity contribution in [3.63, 3.8) is 0 Å². The molecule has 0 spiro atoms. The topological polar surface area (TPSA) is 26.0 Å². The first-order valence-corrected chi connectivity index (χ1v) is 8.72. The molecule has 20 heavy (non-hydrogen) atoms. The van der Waals surface area contributed by atoms with Crippen LogP contribution in [0.15, 0.2) is 18.2 Å². The highest BCUT2D eigenvalue weighted by Crippen LogP contribution is 2.33. The molecule has 110 valence electrons. The molecule has 0 saturated heterocycles. The first-order chi connectivity index (χ1) is 9.84. The Bertz CT molecular complexity index is 429. The average Bonchev–Trinajstić information content (AvgIpc) is 2.46. The van der Waals surface area contributed by atoms with Crippen molar-refractivity contribution >= 4 is 0 Å². The van der Waals surface area contributed by atoms with Gasteiger partial charge in [-0.05, 0) is 61.1 Å². The zero-order chi connectivity index (χ0) is 13.8. The first kappa shape index (κ1) is 14.1. The van der Waals surface area contributed by atoms with E-state index >= 15 is 0 Å². The van der Waals surface area contributed by atoms with E-state index in [0.717, 1.165) is 0 Å². The van der Waals surface area contributed by atoms with E-state index in [1.807, 2.05) is 0 Å². The summed E-state index contributed by atoms with van der Waals surface area (Å²) in [6.45, 7) is 0. The number of rotatable bonds is 2. The van der Waals surface area contributed by atoms with Crippen LogP contribution in [0.25, 0.3) is 0 Å². The third-order valence-corrected chi connectivity index (χ3v) is 5.42. The smallest absolute Gasteiger partial charge is 0.0323 e. The molecule has 3 rings (SSSR count). The van der Waals surface area contributed by atoms with Gasteiger partial charge >= 0.3 is 0 Å². The van der Waals surface area contributed by atoms with Crippen LogP contribution in [0.2, 0.25) is 0 Å². The fourth-order valence-electron chi connectivity index (χ4n) is 4.08. The molecule has 2 N–H and O–H groups in total. The van der Waals surface area contributed by atoms with E-state index in [1.54, 1.807) is 11.1 Å². The molecular formula is C19H29N. The molecule has 2 aliphatic rings. The van der Waals surface area contributed by atoms with Crippen molar-refractivity contribution in [1.29, 1.82) is 0 Å². The Hall–Kier alpha value is -0.820. The summed E-state index contributed by atoms with van der Waals surface area (Å²) in [7, 11) is 0. The Morgan fingerprint density at radius 2 is 1.45 bits per heavy atom. The number of fused-ring (bicyclic) bond motifs is 1. The van der Waals surface area contributed by atoms with Crippen molar-refractivity contribution in [3.8, 4) is 0 Å². The van der Waals surface area contributed by atoms with Gasteiger partial charge in [-0.25, -0.2) is 0 Å². The van der Waals surface area contributed by atoms with Crippen molar-refractivity contribution in [1.82, 2.24) is 0 Å². The van der Waals surface area contributed by atoms with Gasteiger partial charge in [-0.3, -0.25) is 0 Å². The molecule has 1 saturated carbocycles. The molecule has 2 aliphatic carbocycles. The number of aryl methyl sites for hydroxylation is 2. The van der Waals surface area contributed by atoms with Crippen LogP contribution in [-0.4, -0.2) is 0 Å². The zero-order valence-corrected chi connectivity index (χ0v) is 12.7. The SMILES string of the molecule is NC(c1ccc2c(c1)CCCC2)C1CCCCCCC1. The highest BCUT2D eigenvalue weighted by molar-refractivity contribution is 5.35. The van der Waals surface area contributed by atoms with Gasteiger partial charge in [0, 0.05) is 6.04 Å². The summed E-state index contributed by atoms with van der Waals surface area (Å²) in [6.07, 6.45) is 14.9. The van der Waals surface area contributed by atoms with Crippen LogP contribution in [0.5, 0.6) is 0 Å². The summed E-state index contributed by atoms with van der Waals surface area (Å²) in [4.78, 5) is 0. The summed E-state index contributed by atoms with van der Waals surface area (Å²) in [5.41, 5.74) is 11.2. The minimum absolute atomic E-state index is 0.264. The summed E-state index contributed by atoms with van der Waals surface area (Å²) in [5, 5.41) is 0. The summed E-state index contributed by atoms with van der Waals surface area (Å²) < 4.78 is 0. The lowest BCUT2D eigenvalue weighted by Crippen LogP contribution is -2.23. The van der Waals surface area contributed by atoms with E-state index in [-0.39, 0.29) is 6.04 Å². The van der Waals surface area contributed by atoms with E-state index in [2.05, 4.69) is 18.2 Å². The predicted octanol–water partition coefficient (Wildman–Crippen LogP) is 4.93. The Labute approximate surface area is 124 Å². The quantitative estimate of drug-likeness (QED) is 0.811. The number of benzene rings is 1. The Morgan fingerprint density at radius 3 is 2.20 bits per heavy atom. The van der Waals surface area contributed by atoms with Gasteiger partial charge in [-0.15, -0.1) is 0 Å². The third kappa shape index (κ3) is 3.25. The summed E-state index contributed by atoms with van der Waals surface area (Å²) in [5.74, 6) is 0.706. The normalized spacial score (nSPS) is 22.6. The van der Waals surface area contributed by atoms with Crippen molar-refractivity contribution in [2.24, 2.45) is 11.7 Å². The predicted molar refractivity (Wildman–Crippen MR) is 85.8 cm³/mol. The van der Waals surface area contributed by atoms with Gasteiger partial charge in [-0.2, -0.15) is 0 Å². The van der Waals surface area contributed by atoms with Crippen LogP contribution in [0.4, 0.5) is 0 Å². The van der Waals surface area contributed by atoms with Gasteiger partial charge in [0.25, 0.3) is 0 Å². The van der Waals surface area contributed by atoms with Crippen molar-refractivity contribution in [2.75, 3.05) is 0 Å². The van der Waals surface area contributed by atoms with Crippen LogP contribution in [-0.2, 0) is 12.8 Å². The lowest BCUT2D eigenvalue weighted by molar-refractivity contribution is 0.327. The maximum atomic E-state index is 6.62. The highest BCUT2D eigenvalue weighted by Gasteiger charge is 2.21. The van der Waals surface area contributed by atoms with E-state index in [0.29, 0.717) is 5.92 Å². The molecule has 0 heterocycles. The van der Waals surface area contributed by atoms with Crippen LogP contribution in [0.3, 0.4) is 0 Å². The van der Waals surface area contributed by atoms with Crippen LogP contribution >= 0.6 is 0 Å². The van der Waals surface area contributed by atoms with Crippen molar-refractivity contribution in [2.45, 2.75) is 76.7 Å². The van der Waals surface area contributed by atoms with E-state index in [9.17, 15) is 0 Å². The monoisotopic (exact) mass is 271 g/mol. The Balaban J connectivity index is 1.73. The second-order valence-corrected chi connectivity index (χ2v) is 6.87. The van der Waals surface area contributed by atoms with Gasteiger partial charge in [-0.1, -0.05) is 50.3 Å². The average molecular weight is 271 g/mol. The van der Waals surface area contributed by atoms with Gasteiger partial charge in [0.15, 0.2) is 0 Å². The fraction of sp³-hybridized carbons (Fsp3) is 0.684. The molecule has 1 nitrogen and oxygen atoms in total. The molecule has 0 amide bonds. The number of hydrogen-bond donors (Lipinski definition) is 1. The molecule has 1 aromatic rings. The second kappa shape index (κ2) is 6.76. The highest BCUT2D eigenvalue weighted by atomic mass is 14.7. The second-order valence-electron chi connectivity index (χ2n) is 6.87. The minimum Gasteiger partial charge on any atom is -0.324 e. The van der Waals surface area contributed by atoms with Gasteiger partial charge < -0.3 is 5.73 Å². The minimum atomic E-state index is 0.264. The Kier molecular flexibility index (Phi) is 4.77. The largest absolute Gasteiger partial charge is 0.324 e. The standard InChI is InChI=1S/C19H29N/c20-19(16-9-4-2-1-3-5-10-16)18-13-12-15-8-6-7-11-17(15)14-18/h12-14,16,19H,1-11,20H2. The summed E-state index contributed by atoms with van der Waals surface area (Å²) in [6, 6.07) is 7.36. The number of nitrogens with two attached hydrogens (primary N) is 1. The fourth-order valence-corrected chi connectivity index (χ4v) is 4.08. The molecule has 0 radical (unpaired) electrons. The van der Waals surface area contributed by atoms with Crippen molar-refractivity contribution < 1.29 is 0 Å². The van der Waals surface area contributed by atoms with Crippen LogP contribution < -0.4 is 5.73 Å². The van der Waals surface area contributed by atoms with E-state index < -0.39 is 0 Å². The molecule has 1 atom stereocenters. The first-order valence-electron chi connectivity index (χ1n) is 8.72. The lowest BCUT2D eigenvalue weighted by Gasteiger charge is -2.27. The maximum absolute atomic E-state index is 6.62. The summed E-state index contributed by atoms with van der Waals surface area (Å²) >= 11 is 0. The molecule has 1 heteroatoms. The van der Waals surface area contributed by atoms with Gasteiger partial charge in [0.1, 0.15) is 0 Å². The molecule has 1 aromatic carbocycles. The molecule has 1 unspecified atom stereocenters. The zero-order valence-electron chi connectivity index (χ0n) is 12.7. The molecule has 0 bridgehead atoms. The maximum Gasteiger partial charge on any atom is 0.0323 e. The lowest BCUT2D eigenvalue weighted by atomic mass is 9.81. The molecule has 0 aliphatic heterocycles. The number of hydrogen-bond acceptors (Lipinski definition) is 1. The molecule has 0 aromatic heterocycles. The van der Waals surface area contributed by atoms with E-state index in [1.165, 1.54) is 76.2 Å². The van der Waals surface area contributed by atoms with Gasteiger partial charge in [0.2, 0.25) is 0 Å². The van der Waals surface area contributed by atoms with Crippen molar-refractivity contribution in [3.05, 3.63) is 34.9 Å².